The number of fused-ring (bicyclic) bond motifs is 2. The van der Waals surface area contributed by atoms with Crippen molar-refractivity contribution in [1.29, 1.82) is 0 Å². The van der Waals surface area contributed by atoms with Gasteiger partial charge >= 0.3 is 0 Å². The summed E-state index contributed by atoms with van der Waals surface area (Å²) in [6, 6.07) is 23.2. The van der Waals surface area contributed by atoms with Gasteiger partial charge in [-0.15, -0.1) is 0 Å². The van der Waals surface area contributed by atoms with E-state index >= 15 is 0 Å². The average molecular weight is 402 g/mol. The van der Waals surface area contributed by atoms with Crippen molar-refractivity contribution in [1.82, 2.24) is 4.98 Å². The summed E-state index contributed by atoms with van der Waals surface area (Å²) >= 11 is 1.51. The number of rotatable bonds is 4. The Kier molecular flexibility index (Phi) is 4.62. The van der Waals surface area contributed by atoms with Crippen LogP contribution in [-0.2, 0) is 6.54 Å². The lowest BCUT2D eigenvalue weighted by atomic mass is 10.1. The third kappa shape index (κ3) is 3.54. The number of nitrogens with zero attached hydrogens (tertiary/aromatic N) is 2. The van der Waals surface area contributed by atoms with Crippen LogP contribution in [0.2, 0.25) is 0 Å². The molecule has 5 nitrogen and oxygen atoms in total. The van der Waals surface area contributed by atoms with Crippen molar-refractivity contribution in [2.24, 2.45) is 0 Å². The fourth-order valence-electron chi connectivity index (χ4n) is 3.30. The van der Waals surface area contributed by atoms with Crippen LogP contribution in [0.5, 0.6) is 11.5 Å². The molecular weight excluding hydrogens is 384 g/mol. The van der Waals surface area contributed by atoms with E-state index in [2.05, 4.69) is 0 Å². The largest absolute Gasteiger partial charge is 0.486 e. The van der Waals surface area contributed by atoms with Gasteiger partial charge in [-0.25, -0.2) is 4.98 Å². The van der Waals surface area contributed by atoms with Crippen LogP contribution in [0.1, 0.15) is 15.9 Å². The third-order valence-electron chi connectivity index (χ3n) is 4.73. The van der Waals surface area contributed by atoms with E-state index in [-0.39, 0.29) is 5.91 Å². The lowest BCUT2D eigenvalue weighted by Gasteiger charge is -2.22. The van der Waals surface area contributed by atoms with Gasteiger partial charge in [0.1, 0.15) is 13.2 Å². The normalized spacial score (nSPS) is 12.7. The summed E-state index contributed by atoms with van der Waals surface area (Å²) in [7, 11) is 0. The van der Waals surface area contributed by atoms with Crippen molar-refractivity contribution in [2.75, 3.05) is 18.1 Å². The summed E-state index contributed by atoms with van der Waals surface area (Å²) in [5, 5.41) is 0.676. The summed E-state index contributed by atoms with van der Waals surface area (Å²) < 4.78 is 12.3. The number of ether oxygens (including phenoxy) is 2. The van der Waals surface area contributed by atoms with Crippen molar-refractivity contribution in [2.45, 2.75) is 6.54 Å². The van der Waals surface area contributed by atoms with Crippen LogP contribution in [-0.4, -0.2) is 24.1 Å². The molecule has 1 amide bonds. The van der Waals surface area contributed by atoms with Gasteiger partial charge in [0.05, 0.1) is 16.8 Å². The number of thiazole rings is 1. The molecule has 0 N–H and O–H groups in total. The Morgan fingerprint density at radius 2 is 1.69 bits per heavy atom. The molecule has 0 saturated heterocycles. The summed E-state index contributed by atoms with van der Waals surface area (Å²) in [6.07, 6.45) is 0. The molecule has 6 heteroatoms. The summed E-state index contributed by atoms with van der Waals surface area (Å²) in [4.78, 5) is 19.9. The van der Waals surface area contributed by atoms with Crippen LogP contribution in [0.3, 0.4) is 0 Å². The van der Waals surface area contributed by atoms with Crippen LogP contribution in [0.4, 0.5) is 5.13 Å². The van der Waals surface area contributed by atoms with E-state index in [0.29, 0.717) is 42.0 Å². The standard InChI is InChI=1S/C23H18N2O3S/c26-22(17-10-11-19-20(14-17)28-13-12-27-19)25(15-16-6-2-1-3-7-16)23-24-18-8-4-5-9-21(18)29-23/h1-11,14H,12-13,15H2. The topological polar surface area (TPSA) is 51.7 Å². The minimum atomic E-state index is -0.120. The van der Waals surface area contributed by atoms with Gasteiger partial charge in [0.25, 0.3) is 5.91 Å². The van der Waals surface area contributed by atoms with Gasteiger partial charge in [-0.3, -0.25) is 9.69 Å². The van der Waals surface area contributed by atoms with E-state index < -0.39 is 0 Å². The predicted molar refractivity (Wildman–Crippen MR) is 114 cm³/mol. The SMILES string of the molecule is O=C(c1ccc2c(c1)OCCO2)N(Cc1ccccc1)c1nc2ccccc2s1. The minimum absolute atomic E-state index is 0.120. The highest BCUT2D eigenvalue weighted by Crippen LogP contribution is 2.34. The first-order valence-electron chi connectivity index (χ1n) is 9.39. The van der Waals surface area contributed by atoms with Crippen molar-refractivity contribution in [3.63, 3.8) is 0 Å². The number of anilines is 1. The predicted octanol–water partition coefficient (Wildman–Crippen LogP) is 4.91. The number of hydrogen-bond donors (Lipinski definition) is 0. The highest BCUT2D eigenvalue weighted by molar-refractivity contribution is 7.22. The fourth-order valence-corrected chi connectivity index (χ4v) is 4.26. The van der Waals surface area contributed by atoms with Crippen LogP contribution in [0.25, 0.3) is 10.2 Å². The Hall–Kier alpha value is -3.38. The lowest BCUT2D eigenvalue weighted by molar-refractivity contribution is 0.0984. The molecule has 29 heavy (non-hydrogen) atoms. The quantitative estimate of drug-likeness (QED) is 0.486. The zero-order valence-electron chi connectivity index (χ0n) is 15.6. The van der Waals surface area contributed by atoms with Gasteiger partial charge < -0.3 is 9.47 Å². The first-order valence-corrected chi connectivity index (χ1v) is 10.2. The third-order valence-corrected chi connectivity index (χ3v) is 5.79. The maximum absolute atomic E-state index is 13.5. The summed E-state index contributed by atoms with van der Waals surface area (Å²) in [5.41, 5.74) is 2.47. The van der Waals surface area contributed by atoms with Crippen molar-refractivity contribution >= 4 is 32.6 Å². The molecule has 0 bridgehead atoms. The van der Waals surface area contributed by atoms with Crippen molar-refractivity contribution < 1.29 is 14.3 Å². The summed E-state index contributed by atoms with van der Waals surface area (Å²) in [5.74, 6) is 1.15. The Bertz CT molecular complexity index is 1140. The van der Waals surface area contributed by atoms with Crippen molar-refractivity contribution in [3.8, 4) is 11.5 Å². The highest BCUT2D eigenvalue weighted by Gasteiger charge is 2.23. The maximum atomic E-state index is 13.5. The molecule has 4 aromatic rings. The molecule has 0 unspecified atom stereocenters. The van der Waals surface area contributed by atoms with Crippen molar-refractivity contribution in [3.05, 3.63) is 83.9 Å². The number of carbonyl (C=O) groups excluding carboxylic acids is 1. The molecule has 0 saturated carbocycles. The molecule has 0 atom stereocenters. The Labute approximate surface area is 172 Å². The first kappa shape index (κ1) is 17.7. The van der Waals surface area contributed by atoms with E-state index in [0.717, 1.165) is 15.8 Å². The molecule has 1 aliphatic heterocycles. The minimum Gasteiger partial charge on any atom is -0.486 e. The smallest absolute Gasteiger partial charge is 0.260 e. The van der Waals surface area contributed by atoms with E-state index in [1.807, 2.05) is 54.6 Å². The Balaban J connectivity index is 1.54. The number of benzene rings is 3. The Morgan fingerprint density at radius 1 is 0.931 bits per heavy atom. The second-order valence-electron chi connectivity index (χ2n) is 6.70. The molecule has 0 fully saturated rings. The Morgan fingerprint density at radius 3 is 2.52 bits per heavy atom. The zero-order chi connectivity index (χ0) is 19.6. The van der Waals surface area contributed by atoms with Gasteiger partial charge in [-0.1, -0.05) is 53.8 Å². The van der Waals surface area contributed by atoms with Gasteiger partial charge in [0, 0.05) is 5.56 Å². The molecule has 3 aromatic carbocycles. The van der Waals surface area contributed by atoms with Gasteiger partial charge in [0.15, 0.2) is 16.6 Å². The molecule has 0 spiro atoms. The second kappa shape index (κ2) is 7.56. The van der Waals surface area contributed by atoms with E-state index in [1.54, 1.807) is 23.1 Å². The van der Waals surface area contributed by atoms with Gasteiger partial charge in [-0.05, 0) is 35.9 Å². The fraction of sp³-hybridized carbons (Fsp3) is 0.130. The molecule has 0 radical (unpaired) electrons. The van der Waals surface area contributed by atoms with Crippen LogP contribution in [0.15, 0.2) is 72.8 Å². The highest BCUT2D eigenvalue weighted by atomic mass is 32.1. The number of hydrogen-bond acceptors (Lipinski definition) is 5. The maximum Gasteiger partial charge on any atom is 0.260 e. The molecule has 144 valence electrons. The molecule has 5 rings (SSSR count). The molecule has 2 heterocycles. The van der Waals surface area contributed by atoms with Crippen LogP contribution >= 0.6 is 11.3 Å². The molecular formula is C23H18N2O3S. The van der Waals surface area contributed by atoms with E-state index in [9.17, 15) is 4.79 Å². The second-order valence-corrected chi connectivity index (χ2v) is 7.71. The molecule has 1 aromatic heterocycles. The average Bonchev–Trinajstić information content (AvgIpc) is 3.21. The number of para-hydroxylation sites is 1. The van der Waals surface area contributed by atoms with E-state index in [4.69, 9.17) is 14.5 Å². The van der Waals surface area contributed by atoms with E-state index in [1.165, 1.54) is 11.3 Å². The molecule has 0 aliphatic carbocycles. The number of carbonyl (C=O) groups is 1. The number of aromatic nitrogens is 1. The monoisotopic (exact) mass is 402 g/mol. The van der Waals surface area contributed by atoms with Gasteiger partial charge in [-0.2, -0.15) is 0 Å². The molecule has 1 aliphatic rings. The van der Waals surface area contributed by atoms with Gasteiger partial charge in [0.2, 0.25) is 0 Å². The number of amides is 1. The lowest BCUT2D eigenvalue weighted by Crippen LogP contribution is -2.30. The first-order chi connectivity index (χ1) is 14.3. The summed E-state index contributed by atoms with van der Waals surface area (Å²) in [6.45, 7) is 1.44. The van der Waals surface area contributed by atoms with Crippen LogP contribution < -0.4 is 14.4 Å². The van der Waals surface area contributed by atoms with Crippen LogP contribution in [0, 0.1) is 0 Å². The zero-order valence-corrected chi connectivity index (χ0v) is 16.4.